The van der Waals surface area contributed by atoms with Crippen molar-refractivity contribution in [1.82, 2.24) is 15.0 Å². The van der Waals surface area contributed by atoms with Gasteiger partial charge in [0.1, 0.15) is 0 Å². The number of nitrogens with zero attached hydrogens (tertiary/aromatic N) is 2. The average Bonchev–Trinajstić information content (AvgIpc) is 2.58. The van der Waals surface area contributed by atoms with Gasteiger partial charge in [0.15, 0.2) is 0 Å². The van der Waals surface area contributed by atoms with Gasteiger partial charge in [-0.2, -0.15) is 0 Å². The van der Waals surface area contributed by atoms with E-state index in [0.29, 0.717) is 0 Å². The Kier molecular flexibility index (Phi) is 29.7. The maximum absolute atomic E-state index is 3.94. The molecule has 0 aliphatic rings. The van der Waals surface area contributed by atoms with Crippen molar-refractivity contribution in [3.05, 3.63) is 37.1 Å². The third-order valence-corrected chi connectivity index (χ3v) is 1.41. The van der Waals surface area contributed by atoms with Gasteiger partial charge >= 0.3 is 0 Å². The van der Waals surface area contributed by atoms with E-state index >= 15 is 0 Å². The SMILES string of the molecule is [Y].[Y].[Y].[Y].[Y].[c-]1cncc(-c2cnc[nH]2)c1. The molecule has 69 valence electrons. The van der Waals surface area contributed by atoms with Gasteiger partial charge in [-0.1, -0.05) is 6.20 Å². The molecule has 0 aromatic carbocycles. The van der Waals surface area contributed by atoms with Gasteiger partial charge in [-0.15, -0.1) is 5.56 Å². The van der Waals surface area contributed by atoms with Gasteiger partial charge in [0.05, 0.1) is 6.33 Å². The Bertz CT molecular complexity index is 327. The molecule has 0 aliphatic heterocycles. The largest absolute Gasteiger partial charge is 0.361 e. The van der Waals surface area contributed by atoms with E-state index in [1.54, 1.807) is 24.9 Å². The Hall–Kier alpha value is 3.88. The van der Waals surface area contributed by atoms with Gasteiger partial charge in [0, 0.05) is 170 Å². The zero-order valence-corrected chi connectivity index (χ0v) is 22.9. The minimum Gasteiger partial charge on any atom is -0.361 e. The molecular formula is C8H6N3Y5-. The van der Waals surface area contributed by atoms with Crippen LogP contribution in [0.4, 0.5) is 0 Å². The molecule has 0 bridgehead atoms. The quantitative estimate of drug-likeness (QED) is 0.510. The van der Waals surface area contributed by atoms with Crippen molar-refractivity contribution >= 4 is 0 Å². The van der Waals surface area contributed by atoms with Crippen molar-refractivity contribution in [2.24, 2.45) is 0 Å². The first-order valence-electron chi connectivity index (χ1n) is 3.26. The van der Waals surface area contributed by atoms with Gasteiger partial charge in [0.2, 0.25) is 0 Å². The van der Waals surface area contributed by atoms with E-state index < -0.39 is 0 Å². The average molecular weight is 589 g/mol. The topological polar surface area (TPSA) is 41.6 Å². The van der Waals surface area contributed by atoms with Crippen LogP contribution in [0.5, 0.6) is 0 Å². The maximum atomic E-state index is 3.94. The molecule has 0 saturated carbocycles. The molecule has 8 heteroatoms. The van der Waals surface area contributed by atoms with Gasteiger partial charge in [-0.25, -0.2) is 17.1 Å². The summed E-state index contributed by atoms with van der Waals surface area (Å²) in [6.45, 7) is 0. The van der Waals surface area contributed by atoms with Crippen molar-refractivity contribution in [3.8, 4) is 11.3 Å². The minimum atomic E-state index is 0. The van der Waals surface area contributed by atoms with Crippen LogP contribution < -0.4 is 0 Å². The number of hydrogen-bond acceptors (Lipinski definition) is 2. The normalized spacial score (nSPS) is 6.75. The number of imidazole rings is 1. The summed E-state index contributed by atoms with van der Waals surface area (Å²) in [5, 5.41) is 0. The Morgan fingerprint density at radius 1 is 0.938 bits per heavy atom. The molecular weight excluding hydrogens is 583 g/mol. The molecule has 0 amide bonds. The molecule has 0 unspecified atom stereocenters. The fourth-order valence-electron chi connectivity index (χ4n) is 0.886. The van der Waals surface area contributed by atoms with Crippen LogP contribution >= 0.6 is 0 Å². The number of pyridine rings is 1. The first kappa shape index (κ1) is 28.1. The zero-order chi connectivity index (χ0) is 7.52. The molecule has 2 rings (SSSR count). The Morgan fingerprint density at radius 3 is 2.06 bits per heavy atom. The minimum absolute atomic E-state index is 0. The number of aromatic nitrogens is 3. The molecule has 0 spiro atoms. The monoisotopic (exact) mass is 589 g/mol. The van der Waals surface area contributed by atoms with E-state index in [1.807, 2.05) is 6.07 Å². The predicted octanol–water partition coefficient (Wildman–Crippen LogP) is 1.26. The van der Waals surface area contributed by atoms with E-state index in [4.69, 9.17) is 0 Å². The molecule has 0 fully saturated rings. The van der Waals surface area contributed by atoms with Crippen molar-refractivity contribution < 1.29 is 164 Å². The van der Waals surface area contributed by atoms with Gasteiger partial charge < -0.3 is 9.97 Å². The molecule has 0 atom stereocenters. The summed E-state index contributed by atoms with van der Waals surface area (Å²) >= 11 is 0. The molecule has 3 nitrogen and oxygen atoms in total. The van der Waals surface area contributed by atoms with E-state index in [-0.39, 0.29) is 164 Å². The standard InChI is InChI=1S/C8H6N3.5Y/c1-2-7(4-9-3-1)8-5-10-6-11-8;;;;;/h2-6H,(H,10,11);;;;;/q-1;;;;;. The molecule has 2 aromatic rings. The van der Waals surface area contributed by atoms with Crippen molar-refractivity contribution in [2.45, 2.75) is 0 Å². The van der Waals surface area contributed by atoms with Crippen LogP contribution in [0, 0.1) is 6.07 Å². The predicted molar refractivity (Wildman–Crippen MR) is 40.7 cm³/mol. The maximum Gasteiger partial charge on any atom is 0.0911 e. The molecule has 0 aliphatic carbocycles. The smallest absolute Gasteiger partial charge is 0.0911 e. The molecule has 2 aromatic heterocycles. The van der Waals surface area contributed by atoms with Crippen LogP contribution in [0.1, 0.15) is 0 Å². The Balaban J connectivity index is -0.000000144. The summed E-state index contributed by atoms with van der Waals surface area (Å²) in [5.74, 6) is 0. The van der Waals surface area contributed by atoms with Crippen LogP contribution in [-0.4, -0.2) is 15.0 Å². The first-order valence-corrected chi connectivity index (χ1v) is 3.26. The summed E-state index contributed by atoms with van der Waals surface area (Å²) in [6.07, 6.45) is 6.79. The number of aromatic amines is 1. The third-order valence-electron chi connectivity index (χ3n) is 1.41. The Labute approximate surface area is 221 Å². The second-order valence-corrected chi connectivity index (χ2v) is 2.14. The molecule has 0 saturated heterocycles. The Morgan fingerprint density at radius 2 is 1.62 bits per heavy atom. The summed E-state index contributed by atoms with van der Waals surface area (Å²) < 4.78 is 0. The summed E-state index contributed by atoms with van der Waals surface area (Å²) in [7, 11) is 0. The van der Waals surface area contributed by atoms with Crippen molar-refractivity contribution in [1.29, 1.82) is 0 Å². The fraction of sp³-hybridized carbons (Fsp3) is 0. The second-order valence-electron chi connectivity index (χ2n) is 2.14. The van der Waals surface area contributed by atoms with Crippen LogP contribution in [0.25, 0.3) is 11.3 Å². The number of H-pyrrole nitrogens is 1. The van der Waals surface area contributed by atoms with E-state index in [9.17, 15) is 0 Å². The molecule has 16 heavy (non-hydrogen) atoms. The van der Waals surface area contributed by atoms with Gasteiger partial charge in [0.25, 0.3) is 0 Å². The van der Waals surface area contributed by atoms with Crippen LogP contribution in [0.15, 0.2) is 31.0 Å². The van der Waals surface area contributed by atoms with Crippen molar-refractivity contribution in [2.75, 3.05) is 0 Å². The first-order chi connectivity index (χ1) is 5.47. The van der Waals surface area contributed by atoms with Gasteiger partial charge in [-0.3, -0.25) is 0 Å². The molecule has 1 N–H and O–H groups in total. The zero-order valence-electron chi connectivity index (χ0n) is 8.67. The molecule has 5 radical (unpaired) electrons. The number of rotatable bonds is 1. The molecule has 2 heterocycles. The summed E-state index contributed by atoms with van der Waals surface area (Å²) in [4.78, 5) is 10.8. The van der Waals surface area contributed by atoms with Crippen molar-refractivity contribution in [3.63, 3.8) is 0 Å². The summed E-state index contributed by atoms with van der Waals surface area (Å²) in [6, 6.07) is 4.75. The number of nitrogens with one attached hydrogen (secondary N) is 1. The second kappa shape index (κ2) is 16.9. The summed E-state index contributed by atoms with van der Waals surface area (Å²) in [5.41, 5.74) is 1.97. The van der Waals surface area contributed by atoms with Crippen LogP contribution in [0.2, 0.25) is 0 Å². The van der Waals surface area contributed by atoms with Crippen LogP contribution in [-0.2, 0) is 164 Å². The van der Waals surface area contributed by atoms with Crippen LogP contribution in [0.3, 0.4) is 0 Å². The van der Waals surface area contributed by atoms with E-state index in [1.165, 1.54) is 0 Å². The third kappa shape index (κ3) is 9.73. The number of hydrogen-bond donors (Lipinski definition) is 1. The fourth-order valence-corrected chi connectivity index (χ4v) is 0.886. The van der Waals surface area contributed by atoms with E-state index in [0.717, 1.165) is 11.3 Å². The van der Waals surface area contributed by atoms with Gasteiger partial charge in [-0.05, 0) is 11.9 Å². The van der Waals surface area contributed by atoms with E-state index in [2.05, 4.69) is 21.0 Å².